The minimum Gasteiger partial charge on any atom is -0.411 e. The van der Waals surface area contributed by atoms with E-state index in [-0.39, 0.29) is 0 Å². The maximum absolute atomic E-state index is 9.09. The van der Waals surface area contributed by atoms with E-state index in [1.807, 2.05) is 12.1 Å². The Labute approximate surface area is 94.0 Å². The summed E-state index contributed by atoms with van der Waals surface area (Å²) in [4.78, 5) is 0. The molecular formula is C13H14N2O. The molecule has 1 aromatic carbocycles. The van der Waals surface area contributed by atoms with Crippen LogP contribution in [0.5, 0.6) is 0 Å². The fraction of sp³-hybridized carbons (Fsp3) is 0.308. The molecule has 0 bridgehead atoms. The molecule has 3 heteroatoms. The predicted molar refractivity (Wildman–Crippen MR) is 64.2 cm³/mol. The topological polar surface area (TPSA) is 37.5 Å². The summed E-state index contributed by atoms with van der Waals surface area (Å²) in [6.07, 6.45) is 3.01. The first-order valence-electron chi connectivity index (χ1n) is 5.60. The summed E-state index contributed by atoms with van der Waals surface area (Å²) < 4.78 is 2.22. The lowest BCUT2D eigenvalue weighted by Gasteiger charge is -2.14. The molecule has 1 aliphatic carbocycles. The lowest BCUT2D eigenvalue weighted by atomic mass is 9.93. The van der Waals surface area contributed by atoms with Crippen molar-refractivity contribution in [2.24, 2.45) is 12.2 Å². The van der Waals surface area contributed by atoms with Crippen LogP contribution in [0.3, 0.4) is 0 Å². The zero-order valence-electron chi connectivity index (χ0n) is 9.27. The van der Waals surface area contributed by atoms with Crippen molar-refractivity contribution in [3.05, 3.63) is 35.5 Å². The summed E-state index contributed by atoms with van der Waals surface area (Å²) >= 11 is 0. The fourth-order valence-electron chi connectivity index (χ4n) is 2.71. The van der Waals surface area contributed by atoms with Crippen molar-refractivity contribution in [3.63, 3.8) is 0 Å². The van der Waals surface area contributed by atoms with Gasteiger partial charge in [0.15, 0.2) is 0 Å². The molecule has 0 saturated heterocycles. The number of nitrogens with zero attached hydrogens (tertiary/aromatic N) is 2. The Morgan fingerprint density at radius 1 is 1.25 bits per heavy atom. The van der Waals surface area contributed by atoms with E-state index >= 15 is 0 Å². The van der Waals surface area contributed by atoms with Crippen LogP contribution in [0.25, 0.3) is 10.9 Å². The lowest BCUT2D eigenvalue weighted by molar-refractivity contribution is 0.317. The van der Waals surface area contributed by atoms with Crippen LogP contribution < -0.4 is 0 Å². The molecule has 0 spiro atoms. The Morgan fingerprint density at radius 3 is 2.88 bits per heavy atom. The normalized spacial score (nSPS) is 17.9. The molecule has 0 unspecified atom stereocenters. The minimum absolute atomic E-state index is 0.832. The summed E-state index contributed by atoms with van der Waals surface area (Å²) in [5, 5.41) is 13.7. The van der Waals surface area contributed by atoms with Crippen LogP contribution in [0, 0.1) is 0 Å². The van der Waals surface area contributed by atoms with E-state index < -0.39 is 0 Å². The van der Waals surface area contributed by atoms with Crippen molar-refractivity contribution in [3.8, 4) is 0 Å². The van der Waals surface area contributed by atoms with Gasteiger partial charge < -0.3 is 9.77 Å². The first kappa shape index (κ1) is 9.46. The zero-order valence-corrected chi connectivity index (χ0v) is 9.27. The van der Waals surface area contributed by atoms with E-state index in [0.29, 0.717) is 0 Å². The molecule has 0 amide bonds. The molecular weight excluding hydrogens is 200 g/mol. The van der Waals surface area contributed by atoms with Gasteiger partial charge in [0.2, 0.25) is 0 Å². The quantitative estimate of drug-likeness (QED) is 0.531. The molecule has 1 aromatic heterocycles. The van der Waals surface area contributed by atoms with Crippen LogP contribution in [0.1, 0.15) is 24.1 Å². The van der Waals surface area contributed by atoms with Gasteiger partial charge in [0.25, 0.3) is 0 Å². The van der Waals surface area contributed by atoms with Crippen molar-refractivity contribution in [2.75, 3.05) is 0 Å². The molecule has 0 saturated carbocycles. The molecule has 3 nitrogen and oxygen atoms in total. The molecule has 82 valence electrons. The van der Waals surface area contributed by atoms with Gasteiger partial charge >= 0.3 is 0 Å². The third kappa shape index (κ3) is 1.11. The maximum Gasteiger partial charge on any atom is 0.0892 e. The van der Waals surface area contributed by atoms with Gasteiger partial charge in [-0.15, -0.1) is 0 Å². The zero-order chi connectivity index (χ0) is 11.1. The highest BCUT2D eigenvalue weighted by Crippen LogP contribution is 2.31. The number of fused-ring (bicyclic) bond motifs is 3. The summed E-state index contributed by atoms with van der Waals surface area (Å²) in [5.74, 6) is 0. The van der Waals surface area contributed by atoms with Crippen LogP contribution in [0.2, 0.25) is 0 Å². The predicted octanol–water partition coefficient (Wildman–Crippen LogP) is 2.69. The van der Waals surface area contributed by atoms with E-state index in [9.17, 15) is 0 Å². The van der Waals surface area contributed by atoms with E-state index in [1.54, 1.807) is 0 Å². The highest BCUT2D eigenvalue weighted by atomic mass is 16.4. The average Bonchev–Trinajstić information content (AvgIpc) is 2.64. The second-order valence-electron chi connectivity index (χ2n) is 4.30. The third-order valence-electron chi connectivity index (χ3n) is 3.46. The number of hydrogen-bond donors (Lipinski definition) is 1. The Kier molecular flexibility index (Phi) is 1.99. The maximum atomic E-state index is 9.09. The molecule has 0 aliphatic heterocycles. The van der Waals surface area contributed by atoms with Crippen LogP contribution in [0.4, 0.5) is 0 Å². The van der Waals surface area contributed by atoms with E-state index in [2.05, 4.69) is 28.9 Å². The molecule has 1 N–H and O–H groups in total. The van der Waals surface area contributed by atoms with Crippen molar-refractivity contribution >= 4 is 16.6 Å². The van der Waals surface area contributed by atoms with Gasteiger partial charge in [0, 0.05) is 29.2 Å². The average molecular weight is 214 g/mol. The second-order valence-corrected chi connectivity index (χ2v) is 4.30. The molecule has 0 radical (unpaired) electrons. The van der Waals surface area contributed by atoms with Crippen molar-refractivity contribution in [1.29, 1.82) is 0 Å². The van der Waals surface area contributed by atoms with Crippen molar-refractivity contribution in [2.45, 2.75) is 19.3 Å². The summed E-state index contributed by atoms with van der Waals surface area (Å²) in [7, 11) is 2.08. The van der Waals surface area contributed by atoms with Crippen molar-refractivity contribution < 1.29 is 5.21 Å². The number of aromatic nitrogens is 1. The van der Waals surface area contributed by atoms with Crippen LogP contribution in [-0.2, 0) is 13.5 Å². The van der Waals surface area contributed by atoms with Gasteiger partial charge in [0.1, 0.15) is 0 Å². The lowest BCUT2D eigenvalue weighted by Crippen LogP contribution is -2.12. The van der Waals surface area contributed by atoms with E-state index in [4.69, 9.17) is 5.21 Å². The fourth-order valence-corrected chi connectivity index (χ4v) is 2.71. The van der Waals surface area contributed by atoms with Gasteiger partial charge in [-0.25, -0.2) is 0 Å². The van der Waals surface area contributed by atoms with Crippen LogP contribution >= 0.6 is 0 Å². The highest BCUT2D eigenvalue weighted by molar-refractivity contribution is 6.12. The Bertz CT molecular complexity index is 581. The molecule has 0 fully saturated rings. The number of rotatable bonds is 0. The standard InChI is InChI=1S/C13H14N2O/c1-15-11-7-3-2-5-9(11)13-10(14-16)6-4-8-12(13)15/h2-3,5,7,16H,4,6,8H2,1H3/b14-10-. The SMILES string of the molecule is Cn1c2c(c3ccccc31)/C(=N\O)CCC2. The Morgan fingerprint density at radius 2 is 2.06 bits per heavy atom. The summed E-state index contributed by atoms with van der Waals surface area (Å²) in [6.45, 7) is 0. The van der Waals surface area contributed by atoms with E-state index in [0.717, 1.165) is 30.5 Å². The monoisotopic (exact) mass is 214 g/mol. The summed E-state index contributed by atoms with van der Waals surface area (Å²) in [5.41, 5.74) is 4.49. The first-order valence-corrected chi connectivity index (χ1v) is 5.60. The van der Waals surface area contributed by atoms with Gasteiger partial charge in [-0.3, -0.25) is 0 Å². The highest BCUT2D eigenvalue weighted by Gasteiger charge is 2.22. The molecule has 1 aliphatic rings. The number of oxime groups is 1. The smallest absolute Gasteiger partial charge is 0.0892 e. The van der Waals surface area contributed by atoms with Crippen LogP contribution in [0.15, 0.2) is 29.4 Å². The largest absolute Gasteiger partial charge is 0.411 e. The summed E-state index contributed by atoms with van der Waals surface area (Å²) in [6, 6.07) is 8.29. The van der Waals surface area contributed by atoms with Crippen molar-refractivity contribution in [1.82, 2.24) is 4.57 Å². The minimum atomic E-state index is 0.832. The van der Waals surface area contributed by atoms with Crippen LogP contribution in [-0.4, -0.2) is 15.5 Å². The number of hydrogen-bond acceptors (Lipinski definition) is 2. The van der Waals surface area contributed by atoms with Gasteiger partial charge in [0.05, 0.1) is 5.71 Å². The second kappa shape index (κ2) is 3.37. The third-order valence-corrected chi connectivity index (χ3v) is 3.46. The molecule has 16 heavy (non-hydrogen) atoms. The Hall–Kier alpha value is -1.77. The first-order chi connectivity index (χ1) is 7.83. The number of aryl methyl sites for hydroxylation is 1. The molecule has 0 atom stereocenters. The molecule has 3 rings (SSSR count). The van der Waals surface area contributed by atoms with Gasteiger partial charge in [-0.05, 0) is 25.3 Å². The molecule has 2 aromatic rings. The number of para-hydroxylation sites is 1. The van der Waals surface area contributed by atoms with Gasteiger partial charge in [-0.2, -0.15) is 0 Å². The van der Waals surface area contributed by atoms with Gasteiger partial charge in [-0.1, -0.05) is 23.4 Å². The Balaban J connectivity index is 2.43. The van der Waals surface area contributed by atoms with E-state index in [1.165, 1.54) is 16.6 Å². The number of benzene rings is 1. The molecule has 1 heterocycles.